The van der Waals surface area contributed by atoms with E-state index in [1.54, 1.807) is 18.5 Å². The highest BCUT2D eigenvalue weighted by atomic mass is 19.1. The van der Waals surface area contributed by atoms with Crippen LogP contribution >= 0.6 is 0 Å². The quantitative estimate of drug-likeness (QED) is 0.942. The predicted molar refractivity (Wildman–Crippen MR) is 79.0 cm³/mol. The van der Waals surface area contributed by atoms with Crippen molar-refractivity contribution in [2.75, 3.05) is 13.1 Å². The van der Waals surface area contributed by atoms with Crippen LogP contribution in [-0.4, -0.2) is 28.1 Å². The van der Waals surface area contributed by atoms with E-state index in [1.807, 2.05) is 24.3 Å². The summed E-state index contributed by atoms with van der Waals surface area (Å²) in [5, 5.41) is 10.7. The zero-order chi connectivity index (χ0) is 14.7. The molecule has 1 N–H and O–H groups in total. The molecule has 0 unspecified atom stereocenters. The average Bonchev–Trinajstić information content (AvgIpc) is 2.53. The molecule has 110 valence electrons. The molecule has 3 rings (SSSR count). The first-order valence-corrected chi connectivity index (χ1v) is 7.26. The van der Waals surface area contributed by atoms with Crippen molar-refractivity contribution in [1.82, 2.24) is 9.88 Å². The van der Waals surface area contributed by atoms with Crippen LogP contribution < -0.4 is 0 Å². The van der Waals surface area contributed by atoms with Gasteiger partial charge in [-0.05, 0) is 25.0 Å². The zero-order valence-corrected chi connectivity index (χ0v) is 11.9. The molecule has 0 saturated carbocycles. The Kier molecular flexibility index (Phi) is 3.99. The molecule has 2 aromatic rings. The Balaban J connectivity index is 1.64. The van der Waals surface area contributed by atoms with E-state index in [2.05, 4.69) is 9.88 Å². The SMILES string of the molecule is OC1(c2cccnc2)CCN(Cc2ccccc2F)CC1. The lowest BCUT2D eigenvalue weighted by atomic mass is 9.85. The normalized spacial score (nSPS) is 18.6. The second kappa shape index (κ2) is 5.92. The van der Waals surface area contributed by atoms with Gasteiger partial charge in [0.15, 0.2) is 0 Å². The molecule has 1 aromatic carbocycles. The summed E-state index contributed by atoms with van der Waals surface area (Å²) < 4.78 is 13.7. The highest BCUT2D eigenvalue weighted by Crippen LogP contribution is 2.32. The van der Waals surface area contributed by atoms with Gasteiger partial charge in [-0.15, -0.1) is 0 Å². The van der Waals surface area contributed by atoms with Gasteiger partial charge in [0.1, 0.15) is 5.82 Å². The second-order valence-corrected chi connectivity index (χ2v) is 5.64. The van der Waals surface area contributed by atoms with Crippen LogP contribution in [-0.2, 0) is 12.1 Å². The number of pyridine rings is 1. The van der Waals surface area contributed by atoms with Crippen molar-refractivity contribution in [2.24, 2.45) is 0 Å². The molecule has 0 atom stereocenters. The number of hydrogen-bond acceptors (Lipinski definition) is 3. The van der Waals surface area contributed by atoms with Crippen molar-refractivity contribution in [3.8, 4) is 0 Å². The van der Waals surface area contributed by atoms with E-state index < -0.39 is 5.60 Å². The number of nitrogens with zero attached hydrogens (tertiary/aromatic N) is 2. The molecule has 3 nitrogen and oxygen atoms in total. The van der Waals surface area contributed by atoms with E-state index in [4.69, 9.17) is 0 Å². The molecule has 1 aliphatic rings. The van der Waals surface area contributed by atoms with E-state index in [0.717, 1.165) is 18.7 Å². The fourth-order valence-corrected chi connectivity index (χ4v) is 2.88. The van der Waals surface area contributed by atoms with Crippen LogP contribution in [0.4, 0.5) is 4.39 Å². The number of aliphatic hydroxyl groups is 1. The minimum atomic E-state index is -0.806. The minimum absolute atomic E-state index is 0.161. The van der Waals surface area contributed by atoms with Gasteiger partial charge in [0, 0.05) is 43.2 Å². The van der Waals surface area contributed by atoms with Gasteiger partial charge in [0.25, 0.3) is 0 Å². The molecule has 1 aromatic heterocycles. The number of hydrogen-bond donors (Lipinski definition) is 1. The van der Waals surface area contributed by atoms with Crippen molar-refractivity contribution in [3.05, 3.63) is 65.7 Å². The fourth-order valence-electron chi connectivity index (χ4n) is 2.88. The maximum absolute atomic E-state index is 13.7. The molecule has 1 aliphatic heterocycles. The third-order valence-corrected chi connectivity index (χ3v) is 4.23. The summed E-state index contributed by atoms with van der Waals surface area (Å²) >= 11 is 0. The number of benzene rings is 1. The van der Waals surface area contributed by atoms with Crippen LogP contribution in [0.3, 0.4) is 0 Å². The van der Waals surface area contributed by atoms with Gasteiger partial charge in [-0.25, -0.2) is 4.39 Å². The average molecular weight is 286 g/mol. The van der Waals surface area contributed by atoms with Crippen molar-refractivity contribution in [3.63, 3.8) is 0 Å². The summed E-state index contributed by atoms with van der Waals surface area (Å²) in [5.74, 6) is -0.161. The number of likely N-dealkylation sites (tertiary alicyclic amines) is 1. The Labute approximate surface area is 124 Å². The maximum atomic E-state index is 13.7. The summed E-state index contributed by atoms with van der Waals surface area (Å²) in [4.78, 5) is 6.26. The van der Waals surface area contributed by atoms with Crippen LogP contribution in [0.1, 0.15) is 24.0 Å². The molecule has 0 amide bonds. The van der Waals surface area contributed by atoms with E-state index in [0.29, 0.717) is 24.9 Å². The maximum Gasteiger partial charge on any atom is 0.127 e. The predicted octanol–water partition coefficient (Wildman–Crippen LogP) is 2.70. The van der Waals surface area contributed by atoms with Gasteiger partial charge >= 0.3 is 0 Å². The molecular weight excluding hydrogens is 267 g/mol. The number of halogens is 1. The van der Waals surface area contributed by atoms with Crippen molar-refractivity contribution in [1.29, 1.82) is 0 Å². The zero-order valence-electron chi connectivity index (χ0n) is 11.9. The Bertz CT molecular complexity index is 595. The van der Waals surface area contributed by atoms with E-state index in [1.165, 1.54) is 6.07 Å². The highest BCUT2D eigenvalue weighted by Gasteiger charge is 2.34. The van der Waals surface area contributed by atoms with Crippen LogP contribution in [0.15, 0.2) is 48.8 Å². The van der Waals surface area contributed by atoms with E-state index in [-0.39, 0.29) is 5.82 Å². The number of aromatic nitrogens is 1. The van der Waals surface area contributed by atoms with Crippen LogP contribution in [0.25, 0.3) is 0 Å². The number of piperidine rings is 1. The summed E-state index contributed by atoms with van der Waals surface area (Å²) in [7, 11) is 0. The lowest BCUT2D eigenvalue weighted by molar-refractivity contribution is -0.0281. The van der Waals surface area contributed by atoms with Gasteiger partial charge in [0.2, 0.25) is 0 Å². The van der Waals surface area contributed by atoms with Crippen LogP contribution in [0.5, 0.6) is 0 Å². The minimum Gasteiger partial charge on any atom is -0.385 e. The van der Waals surface area contributed by atoms with Gasteiger partial charge in [-0.1, -0.05) is 24.3 Å². The molecule has 0 bridgehead atoms. The van der Waals surface area contributed by atoms with Crippen molar-refractivity contribution in [2.45, 2.75) is 25.0 Å². The summed E-state index contributed by atoms with van der Waals surface area (Å²) in [5.41, 5.74) is 0.778. The van der Waals surface area contributed by atoms with E-state index in [9.17, 15) is 9.50 Å². The molecule has 2 heterocycles. The molecule has 0 radical (unpaired) electrons. The summed E-state index contributed by atoms with van der Waals surface area (Å²) in [6, 6.07) is 10.6. The Morgan fingerprint density at radius 2 is 1.90 bits per heavy atom. The van der Waals surface area contributed by atoms with Gasteiger partial charge < -0.3 is 5.11 Å². The Hall–Kier alpha value is -1.78. The van der Waals surface area contributed by atoms with Gasteiger partial charge in [0.05, 0.1) is 5.60 Å². The van der Waals surface area contributed by atoms with Gasteiger partial charge in [-0.2, -0.15) is 0 Å². The van der Waals surface area contributed by atoms with Crippen molar-refractivity contribution >= 4 is 0 Å². The molecule has 0 aliphatic carbocycles. The topological polar surface area (TPSA) is 36.4 Å². The largest absolute Gasteiger partial charge is 0.385 e. The van der Waals surface area contributed by atoms with Crippen LogP contribution in [0, 0.1) is 5.82 Å². The number of rotatable bonds is 3. The van der Waals surface area contributed by atoms with Crippen LogP contribution in [0.2, 0.25) is 0 Å². The molecule has 21 heavy (non-hydrogen) atoms. The molecule has 1 fully saturated rings. The Morgan fingerprint density at radius 3 is 2.57 bits per heavy atom. The summed E-state index contributed by atoms with van der Waals surface area (Å²) in [6.07, 6.45) is 4.73. The first-order chi connectivity index (χ1) is 10.2. The monoisotopic (exact) mass is 286 g/mol. The standard InChI is InChI=1S/C17H19FN2O/c18-16-6-2-1-4-14(16)13-20-10-7-17(21,8-11-20)15-5-3-9-19-12-15/h1-6,9,12,21H,7-8,10-11,13H2. The third kappa shape index (κ3) is 3.12. The highest BCUT2D eigenvalue weighted by molar-refractivity contribution is 5.20. The smallest absolute Gasteiger partial charge is 0.127 e. The summed E-state index contributed by atoms with van der Waals surface area (Å²) in [6.45, 7) is 2.09. The lowest BCUT2D eigenvalue weighted by Crippen LogP contribution is -2.42. The fraction of sp³-hybridized carbons (Fsp3) is 0.353. The molecular formula is C17H19FN2O. The molecule has 1 saturated heterocycles. The van der Waals surface area contributed by atoms with Crippen molar-refractivity contribution < 1.29 is 9.50 Å². The molecule has 4 heteroatoms. The lowest BCUT2D eigenvalue weighted by Gasteiger charge is -2.38. The first kappa shape index (κ1) is 14.2. The first-order valence-electron chi connectivity index (χ1n) is 7.26. The molecule has 0 spiro atoms. The third-order valence-electron chi connectivity index (χ3n) is 4.23. The van der Waals surface area contributed by atoms with E-state index >= 15 is 0 Å². The second-order valence-electron chi connectivity index (χ2n) is 5.64. The Morgan fingerprint density at radius 1 is 1.14 bits per heavy atom. The van der Waals surface area contributed by atoms with Gasteiger partial charge in [-0.3, -0.25) is 9.88 Å².